The van der Waals surface area contributed by atoms with E-state index in [1.165, 1.54) is 25.7 Å². The third kappa shape index (κ3) is 25.4. The lowest BCUT2D eigenvalue weighted by Gasteiger charge is -2.04. The van der Waals surface area contributed by atoms with E-state index in [9.17, 15) is 19.2 Å². The van der Waals surface area contributed by atoms with Crippen LogP contribution in [0.3, 0.4) is 0 Å². The molecule has 1 unspecified atom stereocenters. The lowest BCUT2D eigenvalue weighted by atomic mass is 10.2. The van der Waals surface area contributed by atoms with Gasteiger partial charge in [0.2, 0.25) is 0 Å². The summed E-state index contributed by atoms with van der Waals surface area (Å²) in [6, 6.07) is 10.0. The SMILES string of the molecule is C=C(C)C(=O)OC.C=C(C)C(=O)OCC(C)O.C=C(C=C(C)C(=O)O)C(=O)OCCCC.C=Cc1ccccc1. The van der Waals surface area contributed by atoms with E-state index >= 15 is 0 Å². The Labute approximate surface area is 238 Å². The summed E-state index contributed by atoms with van der Waals surface area (Å²) in [7, 11) is 1.33. The monoisotopic (exact) mass is 560 g/mol. The fourth-order valence-electron chi connectivity index (χ4n) is 1.87. The summed E-state index contributed by atoms with van der Waals surface area (Å²) >= 11 is 0. The van der Waals surface area contributed by atoms with Crippen LogP contribution >= 0.6 is 0 Å². The number of aliphatic hydroxyl groups excluding tert-OH is 1. The molecule has 0 aliphatic carbocycles. The van der Waals surface area contributed by atoms with Crippen molar-refractivity contribution in [1.29, 1.82) is 0 Å². The summed E-state index contributed by atoms with van der Waals surface area (Å²) in [6.07, 6.45) is 4.16. The highest BCUT2D eigenvalue weighted by molar-refractivity contribution is 5.95. The molecule has 1 aromatic rings. The Morgan fingerprint density at radius 2 is 1.45 bits per heavy atom. The maximum atomic E-state index is 11.2. The van der Waals surface area contributed by atoms with Crippen LogP contribution in [0.25, 0.3) is 6.08 Å². The number of ether oxygens (including phenoxy) is 3. The second-order valence-electron chi connectivity index (χ2n) is 8.26. The summed E-state index contributed by atoms with van der Waals surface area (Å²) in [5.41, 5.74) is 2.08. The Morgan fingerprint density at radius 1 is 0.925 bits per heavy atom. The van der Waals surface area contributed by atoms with Crippen molar-refractivity contribution in [2.75, 3.05) is 20.3 Å². The van der Waals surface area contributed by atoms with Crippen molar-refractivity contribution in [1.82, 2.24) is 0 Å². The van der Waals surface area contributed by atoms with Crippen molar-refractivity contribution in [2.24, 2.45) is 0 Å². The highest BCUT2D eigenvalue weighted by Crippen LogP contribution is 2.03. The van der Waals surface area contributed by atoms with Crippen molar-refractivity contribution < 1.29 is 43.6 Å². The number of benzene rings is 1. The van der Waals surface area contributed by atoms with Crippen molar-refractivity contribution in [3.05, 3.63) is 90.6 Å². The van der Waals surface area contributed by atoms with Gasteiger partial charge >= 0.3 is 23.9 Å². The number of carbonyl (C=O) groups excluding carboxylic acids is 3. The van der Waals surface area contributed by atoms with E-state index < -0.39 is 24.0 Å². The molecule has 9 heteroatoms. The second kappa shape index (κ2) is 25.1. The number of methoxy groups -OCH3 is 1. The summed E-state index contributed by atoms with van der Waals surface area (Å²) < 4.78 is 13.7. The first kappa shape index (κ1) is 40.3. The smallest absolute Gasteiger partial charge is 0.337 e. The first-order chi connectivity index (χ1) is 18.6. The predicted octanol–water partition coefficient (Wildman–Crippen LogP) is 5.47. The van der Waals surface area contributed by atoms with Gasteiger partial charge in [0.05, 0.1) is 25.4 Å². The first-order valence-corrected chi connectivity index (χ1v) is 12.3. The molecule has 0 heterocycles. The third-order valence-electron chi connectivity index (χ3n) is 4.09. The molecule has 0 radical (unpaired) electrons. The van der Waals surface area contributed by atoms with Gasteiger partial charge < -0.3 is 24.4 Å². The highest BCUT2D eigenvalue weighted by Gasteiger charge is 2.08. The van der Waals surface area contributed by atoms with Gasteiger partial charge in [-0.2, -0.15) is 0 Å². The molecule has 0 saturated carbocycles. The minimum absolute atomic E-state index is 0.0334. The molecular weight excluding hydrogens is 516 g/mol. The van der Waals surface area contributed by atoms with Crippen molar-refractivity contribution >= 4 is 30.0 Å². The fourth-order valence-corrected chi connectivity index (χ4v) is 1.87. The molecule has 0 amide bonds. The first-order valence-electron chi connectivity index (χ1n) is 12.3. The third-order valence-corrected chi connectivity index (χ3v) is 4.09. The molecule has 1 aromatic carbocycles. The van der Waals surface area contributed by atoms with Crippen molar-refractivity contribution in [2.45, 2.75) is 53.6 Å². The van der Waals surface area contributed by atoms with Crippen LogP contribution in [-0.2, 0) is 33.4 Å². The number of carbonyl (C=O) groups is 4. The highest BCUT2D eigenvalue weighted by atomic mass is 16.5. The second-order valence-corrected chi connectivity index (χ2v) is 8.26. The van der Waals surface area contributed by atoms with Crippen LogP contribution in [0.5, 0.6) is 0 Å². The lowest BCUT2D eigenvalue weighted by Crippen LogP contribution is -2.15. The summed E-state index contributed by atoms with van der Waals surface area (Å²) in [5, 5.41) is 17.2. The molecule has 0 saturated heterocycles. The van der Waals surface area contributed by atoms with Crippen LogP contribution in [0.4, 0.5) is 0 Å². The number of esters is 3. The Morgan fingerprint density at radius 3 is 1.77 bits per heavy atom. The summed E-state index contributed by atoms with van der Waals surface area (Å²) in [6.45, 7) is 22.3. The Hall–Kier alpha value is -4.24. The number of carboxylic acids is 1. The van der Waals surface area contributed by atoms with Gasteiger partial charge in [-0.25, -0.2) is 19.2 Å². The molecule has 40 heavy (non-hydrogen) atoms. The van der Waals surface area contributed by atoms with Gasteiger partial charge in [-0.05, 0) is 45.8 Å². The van der Waals surface area contributed by atoms with Gasteiger partial charge in [0.25, 0.3) is 0 Å². The van der Waals surface area contributed by atoms with E-state index in [1.807, 2.05) is 43.3 Å². The van der Waals surface area contributed by atoms with Gasteiger partial charge in [-0.15, -0.1) is 0 Å². The average molecular weight is 561 g/mol. The maximum Gasteiger partial charge on any atom is 0.337 e. The minimum atomic E-state index is -1.07. The fraction of sp³-hybridized carbons (Fsp3) is 0.355. The Bertz CT molecular complexity index is 1000. The van der Waals surface area contributed by atoms with E-state index in [1.54, 1.807) is 20.8 Å². The zero-order chi connectivity index (χ0) is 31.7. The van der Waals surface area contributed by atoms with Crippen LogP contribution < -0.4 is 0 Å². The van der Waals surface area contributed by atoms with E-state index in [4.69, 9.17) is 14.9 Å². The molecular formula is C31H44O9. The Balaban J connectivity index is -0.000000478. The van der Waals surface area contributed by atoms with E-state index in [0.717, 1.165) is 12.8 Å². The molecule has 1 rings (SSSR count). The van der Waals surface area contributed by atoms with E-state index in [-0.39, 0.29) is 23.7 Å². The zero-order valence-corrected chi connectivity index (χ0v) is 24.5. The standard InChI is InChI=1S/C11H16O4.C8H8.C7H12O3.C5H8O2/c1-4-5-6-15-11(14)9(3)7-8(2)10(12)13;1-2-8-6-4-3-5-7-8;1-5(2)7(9)10-4-6(3)8;1-4(2)5(6)7-3/h7H,3-6H2,1-2H3,(H,12,13);2-7H,1H2;6,8H,1,4H2,2-3H3;1H2,2-3H3. The topological polar surface area (TPSA) is 136 Å². The molecule has 9 nitrogen and oxygen atoms in total. The summed E-state index contributed by atoms with van der Waals surface area (Å²) in [4.78, 5) is 42.5. The van der Waals surface area contributed by atoms with Crippen LogP contribution in [0, 0.1) is 0 Å². The zero-order valence-electron chi connectivity index (χ0n) is 24.5. The van der Waals surface area contributed by atoms with Crippen molar-refractivity contribution in [3.63, 3.8) is 0 Å². The number of unbranched alkanes of at least 4 members (excludes halogenated alkanes) is 1. The molecule has 2 N–H and O–H groups in total. The van der Waals surface area contributed by atoms with E-state index in [2.05, 4.69) is 35.8 Å². The predicted molar refractivity (Wildman–Crippen MR) is 157 cm³/mol. The number of hydrogen-bond donors (Lipinski definition) is 2. The average Bonchev–Trinajstić information content (AvgIpc) is 2.92. The molecule has 0 fully saturated rings. The molecule has 0 aliphatic rings. The van der Waals surface area contributed by atoms with Crippen molar-refractivity contribution in [3.8, 4) is 0 Å². The summed E-state index contributed by atoms with van der Waals surface area (Å²) in [5.74, 6) is -2.44. The number of carboxylic acid groups (broad SMARTS) is 1. The van der Waals surface area contributed by atoms with Gasteiger partial charge in [0.1, 0.15) is 6.61 Å². The number of hydrogen-bond acceptors (Lipinski definition) is 8. The molecule has 1 atom stereocenters. The molecule has 0 spiro atoms. The van der Waals surface area contributed by atoms with Crippen LogP contribution in [0.15, 0.2) is 85.0 Å². The minimum Gasteiger partial charge on any atom is -0.478 e. The molecule has 0 aliphatic heterocycles. The normalized spacial score (nSPS) is 10.2. The van der Waals surface area contributed by atoms with Crippen LogP contribution in [0.2, 0.25) is 0 Å². The largest absolute Gasteiger partial charge is 0.478 e. The van der Waals surface area contributed by atoms with Gasteiger partial charge in [0, 0.05) is 16.7 Å². The van der Waals surface area contributed by atoms with Gasteiger partial charge in [-0.1, -0.05) is 76.1 Å². The van der Waals surface area contributed by atoms with Crippen LogP contribution in [0.1, 0.15) is 53.0 Å². The molecule has 0 aromatic heterocycles. The van der Waals surface area contributed by atoms with Crippen LogP contribution in [-0.4, -0.2) is 60.5 Å². The number of rotatable bonds is 11. The number of aliphatic carboxylic acids is 1. The van der Waals surface area contributed by atoms with Gasteiger partial charge in [0.15, 0.2) is 0 Å². The van der Waals surface area contributed by atoms with E-state index in [0.29, 0.717) is 17.8 Å². The Kier molecular flexibility index (Phi) is 25.2. The molecule has 222 valence electrons. The molecule has 0 bridgehead atoms. The maximum absolute atomic E-state index is 11.2. The van der Waals surface area contributed by atoms with Gasteiger partial charge in [-0.3, -0.25) is 0 Å². The number of aliphatic hydroxyl groups is 1. The lowest BCUT2D eigenvalue weighted by molar-refractivity contribution is -0.141. The quantitative estimate of drug-likeness (QED) is 0.119.